The average molecular weight is 406 g/mol. The van der Waals surface area contributed by atoms with Crippen LogP contribution in [0.3, 0.4) is 0 Å². The second-order valence-electron chi connectivity index (χ2n) is 8.11. The number of carbonyl (C=O) groups is 2. The van der Waals surface area contributed by atoms with Crippen LogP contribution >= 0.6 is 0 Å². The molecule has 1 aromatic heterocycles. The highest BCUT2D eigenvalue weighted by Crippen LogP contribution is 2.22. The molecule has 2 aromatic rings. The first-order valence-electron chi connectivity index (χ1n) is 9.26. The highest BCUT2D eigenvalue weighted by Gasteiger charge is 2.35. The number of nitrogens with one attached hydrogen (secondary N) is 1. The van der Waals surface area contributed by atoms with Gasteiger partial charge in [-0.25, -0.2) is 18.3 Å². The van der Waals surface area contributed by atoms with E-state index in [0.29, 0.717) is 30.0 Å². The molecule has 0 unspecified atom stereocenters. The number of halogens is 2. The summed E-state index contributed by atoms with van der Waals surface area (Å²) in [4.78, 5) is 26.2. The van der Waals surface area contributed by atoms with E-state index < -0.39 is 23.3 Å². The van der Waals surface area contributed by atoms with Crippen molar-refractivity contribution in [3.05, 3.63) is 46.8 Å². The van der Waals surface area contributed by atoms with Crippen molar-refractivity contribution in [3.8, 4) is 5.69 Å². The zero-order valence-electron chi connectivity index (χ0n) is 17.0. The summed E-state index contributed by atoms with van der Waals surface area (Å²) in [5.74, 6) is -1.82. The predicted octanol–water partition coefficient (Wildman–Crippen LogP) is 3.12. The monoisotopic (exact) mass is 406 g/mol. The largest absolute Gasteiger partial charge is 0.444 e. The van der Waals surface area contributed by atoms with E-state index in [2.05, 4.69) is 10.4 Å². The second kappa shape index (κ2) is 7.46. The number of hydrogen-bond donors (Lipinski definition) is 1. The summed E-state index contributed by atoms with van der Waals surface area (Å²) in [6, 6.07) is 2.97. The van der Waals surface area contributed by atoms with Crippen LogP contribution in [0, 0.1) is 25.5 Å². The minimum Gasteiger partial charge on any atom is -0.444 e. The van der Waals surface area contributed by atoms with Crippen molar-refractivity contribution in [3.63, 3.8) is 0 Å². The van der Waals surface area contributed by atoms with Gasteiger partial charge in [-0.3, -0.25) is 4.79 Å². The third kappa shape index (κ3) is 4.38. The smallest absolute Gasteiger partial charge is 0.410 e. The standard InChI is InChI=1S/C20H24F2N4O3/c1-11-17(12(2)26(24-11)16-7-6-13(21)8-15(16)22)18(27)23-14-9-25(10-14)19(28)29-20(3,4)5/h6-8,14H,9-10H2,1-5H3,(H,23,27). The van der Waals surface area contributed by atoms with Crippen molar-refractivity contribution in [2.75, 3.05) is 13.1 Å². The minimum atomic E-state index is -0.769. The molecule has 1 N–H and O–H groups in total. The average Bonchev–Trinajstić information content (AvgIpc) is 2.83. The number of carbonyl (C=O) groups excluding carboxylic acids is 2. The molecule has 3 rings (SSSR count). The van der Waals surface area contributed by atoms with Gasteiger partial charge in [-0.05, 0) is 46.8 Å². The summed E-state index contributed by atoms with van der Waals surface area (Å²) >= 11 is 0. The zero-order valence-corrected chi connectivity index (χ0v) is 17.0. The fourth-order valence-electron chi connectivity index (χ4n) is 3.16. The molecular weight excluding hydrogens is 382 g/mol. The summed E-state index contributed by atoms with van der Waals surface area (Å²) in [6.07, 6.45) is -0.421. The fraction of sp³-hybridized carbons (Fsp3) is 0.450. The van der Waals surface area contributed by atoms with E-state index in [9.17, 15) is 18.4 Å². The number of likely N-dealkylation sites (tertiary alicyclic amines) is 1. The van der Waals surface area contributed by atoms with Crippen molar-refractivity contribution in [2.24, 2.45) is 0 Å². The van der Waals surface area contributed by atoms with E-state index in [4.69, 9.17) is 4.74 Å². The molecule has 0 radical (unpaired) electrons. The first-order chi connectivity index (χ1) is 13.5. The molecule has 0 spiro atoms. The lowest BCUT2D eigenvalue weighted by Crippen LogP contribution is -2.61. The number of benzene rings is 1. The van der Waals surface area contributed by atoms with Crippen LogP contribution in [0.5, 0.6) is 0 Å². The van der Waals surface area contributed by atoms with E-state index in [-0.39, 0.29) is 17.6 Å². The minimum absolute atomic E-state index is 0.0609. The van der Waals surface area contributed by atoms with Crippen LogP contribution < -0.4 is 5.32 Å². The zero-order chi connectivity index (χ0) is 21.5. The van der Waals surface area contributed by atoms with Gasteiger partial charge in [0.15, 0.2) is 5.82 Å². The Kier molecular flexibility index (Phi) is 5.34. The molecule has 156 valence electrons. The van der Waals surface area contributed by atoms with Gasteiger partial charge in [0.1, 0.15) is 17.1 Å². The molecule has 0 saturated carbocycles. The van der Waals surface area contributed by atoms with Crippen molar-refractivity contribution in [1.82, 2.24) is 20.0 Å². The van der Waals surface area contributed by atoms with E-state index in [1.807, 2.05) is 0 Å². The lowest BCUT2D eigenvalue weighted by molar-refractivity contribution is 0.00532. The molecule has 7 nitrogen and oxygen atoms in total. The number of ether oxygens (including phenoxy) is 1. The number of nitrogens with zero attached hydrogens (tertiary/aromatic N) is 3. The molecular formula is C20H24F2N4O3. The van der Waals surface area contributed by atoms with Crippen LogP contribution in [-0.2, 0) is 4.74 Å². The van der Waals surface area contributed by atoms with Gasteiger partial charge < -0.3 is 15.0 Å². The highest BCUT2D eigenvalue weighted by atomic mass is 19.1. The molecule has 1 aliphatic rings. The fourth-order valence-corrected chi connectivity index (χ4v) is 3.16. The third-order valence-corrected chi connectivity index (χ3v) is 4.52. The van der Waals surface area contributed by atoms with E-state index in [1.54, 1.807) is 34.6 Å². The Morgan fingerprint density at radius 1 is 1.21 bits per heavy atom. The van der Waals surface area contributed by atoms with Gasteiger partial charge in [0.05, 0.1) is 23.0 Å². The molecule has 0 atom stereocenters. The molecule has 2 heterocycles. The summed E-state index contributed by atoms with van der Waals surface area (Å²) < 4.78 is 33.9. The lowest BCUT2D eigenvalue weighted by Gasteiger charge is -2.39. The molecule has 0 bridgehead atoms. The van der Waals surface area contributed by atoms with Gasteiger partial charge in [-0.2, -0.15) is 5.10 Å². The van der Waals surface area contributed by atoms with Crippen molar-refractivity contribution >= 4 is 12.0 Å². The number of aryl methyl sites for hydroxylation is 1. The summed E-state index contributed by atoms with van der Waals surface area (Å²) in [6.45, 7) is 9.35. The van der Waals surface area contributed by atoms with Crippen LogP contribution in [0.4, 0.5) is 13.6 Å². The lowest BCUT2D eigenvalue weighted by atomic mass is 10.1. The summed E-state index contributed by atoms with van der Waals surface area (Å²) in [7, 11) is 0. The molecule has 1 saturated heterocycles. The first-order valence-corrected chi connectivity index (χ1v) is 9.26. The Hall–Kier alpha value is -2.97. The Labute approximate surface area is 167 Å². The Morgan fingerprint density at radius 3 is 2.45 bits per heavy atom. The predicted molar refractivity (Wildman–Crippen MR) is 102 cm³/mol. The summed E-state index contributed by atoms with van der Waals surface area (Å²) in [5, 5.41) is 7.09. The van der Waals surface area contributed by atoms with Gasteiger partial charge >= 0.3 is 6.09 Å². The highest BCUT2D eigenvalue weighted by molar-refractivity contribution is 5.97. The maximum atomic E-state index is 14.1. The normalized spacial score (nSPS) is 14.5. The third-order valence-electron chi connectivity index (χ3n) is 4.52. The maximum Gasteiger partial charge on any atom is 0.410 e. The van der Waals surface area contributed by atoms with Crippen LogP contribution in [-0.4, -0.2) is 51.4 Å². The van der Waals surface area contributed by atoms with Crippen molar-refractivity contribution in [1.29, 1.82) is 0 Å². The van der Waals surface area contributed by atoms with Crippen LogP contribution in [0.1, 0.15) is 42.5 Å². The molecule has 0 aliphatic carbocycles. The van der Waals surface area contributed by atoms with Gasteiger partial charge in [0.25, 0.3) is 5.91 Å². The van der Waals surface area contributed by atoms with Gasteiger partial charge in [0.2, 0.25) is 0 Å². The van der Waals surface area contributed by atoms with E-state index in [1.165, 1.54) is 15.6 Å². The Bertz CT molecular complexity index is 959. The summed E-state index contributed by atoms with van der Waals surface area (Å²) in [5.41, 5.74) is 0.667. The van der Waals surface area contributed by atoms with Crippen molar-refractivity contribution < 1.29 is 23.1 Å². The molecule has 2 amide bonds. The van der Waals surface area contributed by atoms with Crippen molar-refractivity contribution in [2.45, 2.75) is 46.3 Å². The van der Waals surface area contributed by atoms with Gasteiger partial charge in [0, 0.05) is 19.2 Å². The molecule has 9 heteroatoms. The molecule has 1 aromatic carbocycles. The maximum absolute atomic E-state index is 14.1. The SMILES string of the molecule is Cc1nn(-c2ccc(F)cc2F)c(C)c1C(=O)NC1CN(C(=O)OC(C)(C)C)C1. The number of aromatic nitrogens is 2. The van der Waals surface area contributed by atoms with Crippen LogP contribution in [0.15, 0.2) is 18.2 Å². The molecule has 1 fully saturated rings. The second-order valence-corrected chi connectivity index (χ2v) is 8.11. The van der Waals surface area contributed by atoms with Gasteiger partial charge in [-0.15, -0.1) is 0 Å². The quantitative estimate of drug-likeness (QED) is 0.850. The van der Waals surface area contributed by atoms with E-state index >= 15 is 0 Å². The topological polar surface area (TPSA) is 76.5 Å². The molecule has 29 heavy (non-hydrogen) atoms. The van der Waals surface area contributed by atoms with E-state index in [0.717, 1.165) is 12.1 Å². The Morgan fingerprint density at radius 2 is 1.86 bits per heavy atom. The van der Waals surface area contributed by atoms with Crippen LogP contribution in [0.25, 0.3) is 5.69 Å². The molecule has 1 aliphatic heterocycles. The number of amides is 2. The number of rotatable bonds is 3. The first kappa shape index (κ1) is 20.8. The van der Waals surface area contributed by atoms with Crippen LogP contribution in [0.2, 0.25) is 0 Å². The van der Waals surface area contributed by atoms with Gasteiger partial charge in [-0.1, -0.05) is 0 Å². The Balaban J connectivity index is 1.69. The number of hydrogen-bond acceptors (Lipinski definition) is 4.